The number of hydrogen-bond acceptors (Lipinski definition) is 7. The topological polar surface area (TPSA) is 132 Å². The molecule has 1 aromatic rings. The molecular weight excluding hydrogens is 258 g/mol. The van der Waals surface area contributed by atoms with Crippen LogP contribution in [0.3, 0.4) is 0 Å². The van der Waals surface area contributed by atoms with E-state index in [4.69, 9.17) is 16.2 Å². The predicted molar refractivity (Wildman–Crippen MR) is 68.4 cm³/mol. The fraction of sp³-hybridized carbons (Fsp3) is 0.444. The SMILES string of the molecule is CNc1nc(N)c(C(=O)NCCOCC(N)=O)s1. The average Bonchev–Trinajstić information content (AvgIpc) is 2.69. The number of thiazole rings is 1. The molecule has 9 heteroatoms. The monoisotopic (exact) mass is 273 g/mol. The van der Waals surface area contributed by atoms with Crippen molar-refractivity contribution in [3.63, 3.8) is 0 Å². The van der Waals surface area contributed by atoms with Crippen molar-refractivity contribution in [1.29, 1.82) is 0 Å². The van der Waals surface area contributed by atoms with Crippen molar-refractivity contribution >= 4 is 34.1 Å². The van der Waals surface area contributed by atoms with Crippen LogP contribution >= 0.6 is 11.3 Å². The summed E-state index contributed by atoms with van der Waals surface area (Å²) >= 11 is 1.16. The Bertz CT molecular complexity index is 434. The summed E-state index contributed by atoms with van der Waals surface area (Å²) in [6.07, 6.45) is 0. The second kappa shape index (κ2) is 6.77. The number of hydrogen-bond donors (Lipinski definition) is 4. The van der Waals surface area contributed by atoms with E-state index in [1.807, 2.05) is 0 Å². The van der Waals surface area contributed by atoms with Gasteiger partial charge in [-0.3, -0.25) is 9.59 Å². The number of rotatable bonds is 7. The van der Waals surface area contributed by atoms with Gasteiger partial charge in [-0.25, -0.2) is 4.98 Å². The first-order chi connectivity index (χ1) is 8.54. The lowest BCUT2D eigenvalue weighted by Crippen LogP contribution is -2.28. The molecule has 0 aliphatic carbocycles. The molecule has 0 aliphatic rings. The summed E-state index contributed by atoms with van der Waals surface area (Å²) < 4.78 is 4.89. The number of ether oxygens (including phenoxy) is 1. The van der Waals surface area contributed by atoms with Gasteiger partial charge in [0.15, 0.2) is 5.13 Å². The van der Waals surface area contributed by atoms with Crippen LogP contribution in [0.25, 0.3) is 0 Å². The maximum atomic E-state index is 11.7. The summed E-state index contributed by atoms with van der Waals surface area (Å²) in [5, 5.41) is 5.97. The minimum atomic E-state index is -0.549. The van der Waals surface area contributed by atoms with Crippen molar-refractivity contribution < 1.29 is 14.3 Å². The number of nitrogens with one attached hydrogen (secondary N) is 2. The Balaban J connectivity index is 2.36. The van der Waals surface area contributed by atoms with E-state index < -0.39 is 5.91 Å². The van der Waals surface area contributed by atoms with Gasteiger partial charge in [0.25, 0.3) is 5.91 Å². The van der Waals surface area contributed by atoms with Crippen molar-refractivity contribution in [2.75, 3.05) is 37.9 Å². The molecule has 6 N–H and O–H groups in total. The molecule has 18 heavy (non-hydrogen) atoms. The number of nitrogen functional groups attached to an aromatic ring is 1. The van der Waals surface area contributed by atoms with Crippen LogP contribution < -0.4 is 22.1 Å². The normalized spacial score (nSPS) is 10.1. The number of carbonyl (C=O) groups is 2. The van der Waals surface area contributed by atoms with Crippen molar-refractivity contribution in [2.45, 2.75) is 0 Å². The van der Waals surface area contributed by atoms with Gasteiger partial charge in [0.05, 0.1) is 6.61 Å². The number of carbonyl (C=O) groups excluding carboxylic acids is 2. The molecule has 0 bridgehead atoms. The molecule has 0 atom stereocenters. The van der Waals surface area contributed by atoms with Gasteiger partial charge >= 0.3 is 0 Å². The van der Waals surface area contributed by atoms with Crippen LogP contribution in [0.5, 0.6) is 0 Å². The molecule has 2 amide bonds. The summed E-state index contributed by atoms with van der Waals surface area (Å²) in [4.78, 5) is 26.4. The van der Waals surface area contributed by atoms with Gasteiger partial charge in [-0.2, -0.15) is 0 Å². The fourth-order valence-corrected chi connectivity index (χ4v) is 1.85. The molecule has 1 rings (SSSR count). The highest BCUT2D eigenvalue weighted by molar-refractivity contribution is 7.18. The molecule has 0 saturated carbocycles. The predicted octanol–water partition coefficient (Wildman–Crippen LogP) is -1.00. The van der Waals surface area contributed by atoms with Gasteiger partial charge in [-0.05, 0) is 0 Å². The summed E-state index contributed by atoms with van der Waals surface area (Å²) in [6, 6.07) is 0. The lowest BCUT2D eigenvalue weighted by atomic mass is 10.4. The quantitative estimate of drug-likeness (QED) is 0.471. The maximum absolute atomic E-state index is 11.7. The number of primary amides is 1. The average molecular weight is 273 g/mol. The number of anilines is 2. The number of nitrogens with two attached hydrogens (primary N) is 2. The highest BCUT2D eigenvalue weighted by Crippen LogP contribution is 2.23. The lowest BCUT2D eigenvalue weighted by Gasteiger charge is -2.03. The molecule has 0 fully saturated rings. The molecule has 0 aliphatic heterocycles. The molecule has 8 nitrogen and oxygen atoms in total. The van der Waals surface area contributed by atoms with Crippen molar-refractivity contribution in [3.05, 3.63) is 4.88 Å². The zero-order valence-corrected chi connectivity index (χ0v) is 10.7. The second-order valence-corrected chi connectivity index (χ2v) is 4.26. The summed E-state index contributed by atoms with van der Waals surface area (Å²) in [5.41, 5.74) is 10.5. The third-order valence-electron chi connectivity index (χ3n) is 1.85. The zero-order chi connectivity index (χ0) is 13.5. The van der Waals surface area contributed by atoms with Gasteiger partial charge in [0.1, 0.15) is 17.3 Å². The third-order valence-corrected chi connectivity index (χ3v) is 2.94. The smallest absolute Gasteiger partial charge is 0.265 e. The molecule has 0 spiro atoms. The standard InChI is InChI=1S/C9H15N5O3S/c1-12-9-14-7(11)6(18-9)8(16)13-2-3-17-4-5(10)15/h2-4,11H2,1H3,(H2,10,15)(H,12,14)(H,13,16). The highest BCUT2D eigenvalue weighted by Gasteiger charge is 2.14. The van der Waals surface area contributed by atoms with E-state index in [9.17, 15) is 9.59 Å². The van der Waals surface area contributed by atoms with Crippen LogP contribution in [0.4, 0.5) is 10.9 Å². The Morgan fingerprint density at radius 2 is 2.22 bits per heavy atom. The Morgan fingerprint density at radius 1 is 1.50 bits per heavy atom. The number of aromatic nitrogens is 1. The van der Waals surface area contributed by atoms with Crippen LogP contribution in [-0.4, -0.2) is 43.6 Å². The van der Waals surface area contributed by atoms with E-state index in [0.29, 0.717) is 10.0 Å². The summed E-state index contributed by atoms with van der Waals surface area (Å²) in [7, 11) is 1.69. The minimum absolute atomic E-state index is 0.164. The van der Waals surface area contributed by atoms with E-state index in [0.717, 1.165) is 11.3 Å². The first-order valence-electron chi connectivity index (χ1n) is 5.13. The van der Waals surface area contributed by atoms with Gasteiger partial charge in [-0.1, -0.05) is 11.3 Å². The van der Waals surface area contributed by atoms with E-state index in [1.54, 1.807) is 7.05 Å². The molecule has 1 heterocycles. The Hall–Kier alpha value is -1.87. The second-order valence-electron chi connectivity index (χ2n) is 3.26. The van der Waals surface area contributed by atoms with Gasteiger partial charge in [0, 0.05) is 13.6 Å². The van der Waals surface area contributed by atoms with E-state index >= 15 is 0 Å². The molecule has 0 aromatic carbocycles. The molecule has 0 radical (unpaired) electrons. The fourth-order valence-electron chi connectivity index (χ4n) is 1.09. The minimum Gasteiger partial charge on any atom is -0.382 e. The first-order valence-corrected chi connectivity index (χ1v) is 5.94. The maximum Gasteiger partial charge on any atom is 0.265 e. The number of nitrogens with zero attached hydrogens (tertiary/aromatic N) is 1. The number of amides is 2. The van der Waals surface area contributed by atoms with Gasteiger partial charge < -0.3 is 26.8 Å². The van der Waals surface area contributed by atoms with Crippen molar-refractivity contribution in [2.24, 2.45) is 5.73 Å². The molecule has 0 unspecified atom stereocenters. The lowest BCUT2D eigenvalue weighted by molar-refractivity contribution is -0.122. The Labute approximate surface area is 108 Å². The zero-order valence-electron chi connectivity index (χ0n) is 9.86. The summed E-state index contributed by atoms with van der Waals surface area (Å²) in [5.74, 6) is -0.694. The van der Waals surface area contributed by atoms with Crippen LogP contribution in [-0.2, 0) is 9.53 Å². The molecule has 1 aromatic heterocycles. The van der Waals surface area contributed by atoms with Gasteiger partial charge in [-0.15, -0.1) is 0 Å². The molecule has 0 saturated heterocycles. The largest absolute Gasteiger partial charge is 0.382 e. The summed E-state index contributed by atoms with van der Waals surface area (Å²) in [6.45, 7) is 0.299. The highest BCUT2D eigenvalue weighted by atomic mass is 32.1. The molecule has 100 valence electrons. The van der Waals surface area contributed by atoms with E-state index in [-0.39, 0.29) is 31.5 Å². The van der Waals surface area contributed by atoms with Crippen LogP contribution in [0.15, 0.2) is 0 Å². The van der Waals surface area contributed by atoms with Gasteiger partial charge in [0.2, 0.25) is 5.91 Å². The Kier molecular flexibility index (Phi) is 5.33. The van der Waals surface area contributed by atoms with Crippen LogP contribution in [0.2, 0.25) is 0 Å². The van der Waals surface area contributed by atoms with Crippen LogP contribution in [0, 0.1) is 0 Å². The third kappa shape index (κ3) is 4.18. The van der Waals surface area contributed by atoms with Crippen LogP contribution in [0.1, 0.15) is 9.67 Å². The van der Waals surface area contributed by atoms with E-state index in [1.165, 1.54) is 0 Å². The first kappa shape index (κ1) is 14.2. The molecular formula is C9H15N5O3S. The van der Waals surface area contributed by atoms with E-state index in [2.05, 4.69) is 15.6 Å². The van der Waals surface area contributed by atoms with Crippen molar-refractivity contribution in [3.8, 4) is 0 Å². The van der Waals surface area contributed by atoms with Crippen molar-refractivity contribution in [1.82, 2.24) is 10.3 Å². The Morgan fingerprint density at radius 3 is 2.78 bits per heavy atom.